The molecule has 0 aliphatic rings. The minimum Gasteiger partial charge on any atom is -0.462 e. The molecule has 3 aromatic heterocycles. The summed E-state index contributed by atoms with van der Waals surface area (Å²) >= 11 is 2.70. The van der Waals surface area contributed by atoms with Gasteiger partial charge in [-0.1, -0.05) is 6.07 Å². The molecule has 0 aromatic carbocycles. The second-order valence-corrected chi connectivity index (χ2v) is 8.17. The number of aromatic nitrogens is 2. The van der Waals surface area contributed by atoms with Crippen LogP contribution in [0, 0.1) is 13.8 Å². The summed E-state index contributed by atoms with van der Waals surface area (Å²) in [5, 5.41) is 10.9. The van der Waals surface area contributed by atoms with Crippen molar-refractivity contribution in [3.63, 3.8) is 0 Å². The maximum atomic E-state index is 12.5. The number of thiophene rings is 2. The lowest BCUT2D eigenvalue weighted by Gasteiger charge is -2.09. The highest BCUT2D eigenvalue weighted by Crippen LogP contribution is 2.38. The first kappa shape index (κ1) is 21.7. The van der Waals surface area contributed by atoms with Crippen molar-refractivity contribution in [1.82, 2.24) is 9.78 Å². The van der Waals surface area contributed by atoms with E-state index < -0.39 is 24.5 Å². The Morgan fingerprint density at radius 1 is 1.20 bits per heavy atom. The summed E-state index contributed by atoms with van der Waals surface area (Å²) in [4.78, 5) is 37.7. The molecule has 1 amide bonds. The lowest BCUT2D eigenvalue weighted by atomic mass is 10.1. The van der Waals surface area contributed by atoms with E-state index >= 15 is 0 Å². The number of nitrogens with zero attached hydrogens (tertiary/aromatic N) is 2. The molecule has 3 heterocycles. The van der Waals surface area contributed by atoms with Crippen molar-refractivity contribution < 1.29 is 23.9 Å². The highest BCUT2D eigenvalue weighted by molar-refractivity contribution is 7.17. The predicted molar refractivity (Wildman–Crippen MR) is 115 cm³/mol. The average molecular weight is 448 g/mol. The smallest absolute Gasteiger partial charge is 0.341 e. The number of rotatable bonds is 8. The molecule has 0 fully saturated rings. The highest BCUT2D eigenvalue weighted by Gasteiger charge is 2.23. The van der Waals surface area contributed by atoms with Crippen molar-refractivity contribution >= 4 is 45.5 Å². The van der Waals surface area contributed by atoms with E-state index in [4.69, 9.17) is 9.47 Å². The van der Waals surface area contributed by atoms with Crippen LogP contribution in [0.2, 0.25) is 0 Å². The van der Waals surface area contributed by atoms with Crippen molar-refractivity contribution in [3.8, 4) is 10.4 Å². The first-order chi connectivity index (χ1) is 14.4. The molecule has 0 saturated carbocycles. The van der Waals surface area contributed by atoms with Crippen LogP contribution in [-0.2, 0) is 25.6 Å². The van der Waals surface area contributed by atoms with Crippen LogP contribution < -0.4 is 5.32 Å². The van der Waals surface area contributed by atoms with Gasteiger partial charge in [-0.2, -0.15) is 5.10 Å². The van der Waals surface area contributed by atoms with Crippen molar-refractivity contribution in [2.45, 2.75) is 27.3 Å². The van der Waals surface area contributed by atoms with Gasteiger partial charge in [0.25, 0.3) is 5.91 Å². The number of ether oxygens (including phenoxy) is 2. The van der Waals surface area contributed by atoms with Crippen LogP contribution in [0.15, 0.2) is 29.0 Å². The van der Waals surface area contributed by atoms with E-state index in [2.05, 4.69) is 10.4 Å². The highest BCUT2D eigenvalue weighted by atomic mass is 32.1. The Labute approximate surface area is 181 Å². The molecule has 8 nitrogen and oxygen atoms in total. The van der Waals surface area contributed by atoms with Gasteiger partial charge in [-0.25, -0.2) is 4.79 Å². The zero-order valence-corrected chi connectivity index (χ0v) is 18.4. The molecular weight excluding hydrogens is 426 g/mol. The fraction of sp³-hybridized carbons (Fsp3) is 0.300. The van der Waals surface area contributed by atoms with Crippen LogP contribution in [0.1, 0.15) is 28.7 Å². The van der Waals surface area contributed by atoms with Crippen LogP contribution in [-0.4, -0.2) is 40.8 Å². The molecule has 0 unspecified atom stereocenters. The first-order valence-corrected chi connectivity index (χ1v) is 10.9. The van der Waals surface area contributed by atoms with E-state index in [9.17, 15) is 14.4 Å². The Morgan fingerprint density at radius 2 is 2.00 bits per heavy atom. The van der Waals surface area contributed by atoms with E-state index in [-0.39, 0.29) is 13.2 Å². The summed E-state index contributed by atoms with van der Waals surface area (Å²) in [7, 11) is 0. The second-order valence-electron chi connectivity index (χ2n) is 6.34. The molecule has 0 saturated heterocycles. The number of carbonyl (C=O) groups is 3. The standard InChI is InChI=1S/C20H21N3O5S2/c1-4-27-20(26)18-14(15-6-5-7-29-15)11-30-19(18)21-16(24)10-28-17(25)9-23-13(3)8-12(2)22-23/h5-8,11H,4,9-10H2,1-3H3,(H,21,24). The number of hydrogen-bond acceptors (Lipinski definition) is 8. The summed E-state index contributed by atoms with van der Waals surface area (Å²) in [6.45, 7) is 5.05. The third-order valence-corrected chi connectivity index (χ3v) is 5.86. The van der Waals surface area contributed by atoms with Crippen LogP contribution >= 0.6 is 22.7 Å². The van der Waals surface area contributed by atoms with Crippen molar-refractivity contribution in [2.75, 3.05) is 18.5 Å². The van der Waals surface area contributed by atoms with Gasteiger partial charge in [0.2, 0.25) is 0 Å². The maximum absolute atomic E-state index is 12.5. The Bertz CT molecular complexity index is 1050. The molecule has 0 atom stereocenters. The van der Waals surface area contributed by atoms with Gasteiger partial charge >= 0.3 is 11.9 Å². The van der Waals surface area contributed by atoms with Gasteiger partial charge in [0, 0.05) is 21.5 Å². The SMILES string of the molecule is CCOC(=O)c1c(-c2cccs2)csc1NC(=O)COC(=O)Cn1nc(C)cc1C. The fourth-order valence-corrected chi connectivity index (χ4v) is 4.57. The Kier molecular flexibility index (Phi) is 7.01. The largest absolute Gasteiger partial charge is 0.462 e. The number of amides is 1. The van der Waals surface area contributed by atoms with Crippen molar-refractivity contribution in [3.05, 3.63) is 45.9 Å². The zero-order chi connectivity index (χ0) is 21.7. The Balaban J connectivity index is 1.65. The summed E-state index contributed by atoms with van der Waals surface area (Å²) in [5.41, 5.74) is 2.62. The second kappa shape index (κ2) is 9.68. The van der Waals surface area contributed by atoms with Crippen LogP contribution in [0.3, 0.4) is 0 Å². The lowest BCUT2D eigenvalue weighted by Crippen LogP contribution is -2.24. The third-order valence-electron chi connectivity index (χ3n) is 4.06. The Hall–Kier alpha value is -2.98. The van der Waals surface area contributed by atoms with Gasteiger partial charge in [-0.3, -0.25) is 14.3 Å². The molecule has 0 aliphatic heterocycles. The minimum absolute atomic E-state index is 0.0808. The lowest BCUT2D eigenvalue weighted by molar-refractivity contribution is -0.148. The monoisotopic (exact) mass is 447 g/mol. The molecule has 0 radical (unpaired) electrons. The van der Waals surface area contributed by atoms with E-state index in [1.807, 2.05) is 37.4 Å². The molecule has 0 spiro atoms. The van der Waals surface area contributed by atoms with E-state index in [0.29, 0.717) is 16.1 Å². The summed E-state index contributed by atoms with van der Waals surface area (Å²) in [6, 6.07) is 5.62. The maximum Gasteiger partial charge on any atom is 0.341 e. The predicted octanol–water partition coefficient (Wildman–Crippen LogP) is 3.65. The molecule has 30 heavy (non-hydrogen) atoms. The van der Waals surface area contributed by atoms with Gasteiger partial charge in [-0.05, 0) is 38.3 Å². The van der Waals surface area contributed by atoms with Crippen LogP contribution in [0.5, 0.6) is 0 Å². The fourth-order valence-electron chi connectivity index (χ4n) is 2.78. The van der Waals surface area contributed by atoms with Gasteiger partial charge in [0.15, 0.2) is 6.61 Å². The van der Waals surface area contributed by atoms with Crippen molar-refractivity contribution in [2.24, 2.45) is 0 Å². The first-order valence-electron chi connectivity index (χ1n) is 9.18. The summed E-state index contributed by atoms with van der Waals surface area (Å²) in [6.07, 6.45) is 0. The minimum atomic E-state index is -0.576. The molecule has 0 aliphatic carbocycles. The van der Waals surface area contributed by atoms with E-state index in [1.165, 1.54) is 27.4 Å². The topological polar surface area (TPSA) is 99.5 Å². The molecule has 0 bridgehead atoms. The van der Waals surface area contributed by atoms with Gasteiger partial charge < -0.3 is 14.8 Å². The quantitative estimate of drug-likeness (QED) is 0.529. The molecule has 3 rings (SSSR count). The zero-order valence-electron chi connectivity index (χ0n) is 16.8. The normalized spacial score (nSPS) is 10.6. The summed E-state index contributed by atoms with van der Waals surface area (Å²) in [5.74, 6) is -1.63. The average Bonchev–Trinajstić information content (AvgIpc) is 3.41. The molecule has 158 valence electrons. The van der Waals surface area contributed by atoms with E-state index in [1.54, 1.807) is 12.3 Å². The number of carbonyl (C=O) groups excluding carboxylic acids is 3. The molecule has 1 N–H and O–H groups in total. The number of esters is 2. The molecule has 3 aromatic rings. The Morgan fingerprint density at radius 3 is 2.63 bits per heavy atom. The summed E-state index contributed by atoms with van der Waals surface area (Å²) < 4.78 is 11.7. The number of nitrogens with one attached hydrogen (secondary N) is 1. The number of anilines is 1. The van der Waals surface area contributed by atoms with Crippen molar-refractivity contribution in [1.29, 1.82) is 0 Å². The number of hydrogen-bond donors (Lipinski definition) is 1. The van der Waals surface area contributed by atoms with Crippen LogP contribution in [0.25, 0.3) is 10.4 Å². The van der Waals surface area contributed by atoms with Crippen LogP contribution in [0.4, 0.5) is 5.00 Å². The number of aryl methyl sites for hydroxylation is 2. The third kappa shape index (κ3) is 5.14. The molecule has 10 heteroatoms. The van der Waals surface area contributed by atoms with Gasteiger partial charge in [0.1, 0.15) is 17.1 Å². The van der Waals surface area contributed by atoms with Gasteiger partial charge in [0.05, 0.1) is 12.3 Å². The van der Waals surface area contributed by atoms with Gasteiger partial charge in [-0.15, -0.1) is 22.7 Å². The molecular formula is C20H21N3O5S2. The van der Waals surface area contributed by atoms with E-state index in [0.717, 1.165) is 16.3 Å².